The van der Waals surface area contributed by atoms with Crippen LogP contribution in [0.1, 0.15) is 31.4 Å². The molecule has 0 amide bonds. The molecule has 17 heavy (non-hydrogen) atoms. The van der Waals surface area contributed by atoms with E-state index < -0.39 is 0 Å². The van der Waals surface area contributed by atoms with Crippen molar-refractivity contribution in [1.82, 2.24) is 4.98 Å². The molecule has 0 saturated heterocycles. The number of aromatic nitrogens is 1. The Balaban J connectivity index is 0.000000331. The summed E-state index contributed by atoms with van der Waals surface area (Å²) < 4.78 is 0. The van der Waals surface area contributed by atoms with Crippen molar-refractivity contribution >= 4 is 10.8 Å². The molecule has 1 aliphatic rings. The second-order valence-electron chi connectivity index (χ2n) is 4.21. The summed E-state index contributed by atoms with van der Waals surface area (Å²) in [5.41, 5.74) is 3.03. The van der Waals surface area contributed by atoms with Gasteiger partial charge in [0.1, 0.15) is 0 Å². The topological polar surface area (TPSA) is 12.9 Å². The van der Waals surface area contributed by atoms with Gasteiger partial charge < -0.3 is 11.4 Å². The minimum absolute atomic E-state index is 0. The minimum Gasteiger partial charge on any atom is -0.394 e. The third kappa shape index (κ3) is 3.59. The predicted molar refractivity (Wildman–Crippen MR) is 68.3 cm³/mol. The summed E-state index contributed by atoms with van der Waals surface area (Å²) in [5.74, 6) is 0. The number of hydrogen-bond acceptors (Lipinski definition) is 1. The zero-order valence-electron chi connectivity index (χ0n) is 10.5. The molecule has 1 aromatic carbocycles. The summed E-state index contributed by atoms with van der Waals surface area (Å²) in [4.78, 5) is 4.01. The molecule has 0 aliphatic heterocycles. The zero-order valence-corrected chi connectivity index (χ0v) is 13.4. The van der Waals surface area contributed by atoms with Crippen molar-refractivity contribution in [3.63, 3.8) is 0 Å². The van der Waals surface area contributed by atoms with E-state index in [0.717, 1.165) is 0 Å². The Kier molecular flexibility index (Phi) is 6.29. The molecule has 87 valence electrons. The third-order valence-electron chi connectivity index (χ3n) is 2.80. The van der Waals surface area contributed by atoms with Crippen LogP contribution in [0.3, 0.4) is 0 Å². The molecular weight excluding hydrogens is 283 g/mol. The molecule has 1 nitrogen and oxygen atoms in total. The van der Waals surface area contributed by atoms with Crippen LogP contribution in [0.25, 0.3) is 10.8 Å². The Morgan fingerprint density at radius 2 is 1.71 bits per heavy atom. The molecule has 0 saturated carbocycles. The van der Waals surface area contributed by atoms with Gasteiger partial charge in [-0.1, -0.05) is 24.0 Å². The summed E-state index contributed by atoms with van der Waals surface area (Å²) in [6.45, 7) is 4.00. The Morgan fingerprint density at radius 1 is 1.12 bits per heavy atom. The quantitative estimate of drug-likeness (QED) is 0.675. The fraction of sp³-hybridized carbons (Fsp3) is 0.333. The van der Waals surface area contributed by atoms with Crippen LogP contribution in [0.2, 0.25) is 0 Å². The second-order valence-corrected chi connectivity index (χ2v) is 4.21. The molecule has 2 heteroatoms. The van der Waals surface area contributed by atoms with Gasteiger partial charge in [0.2, 0.25) is 0 Å². The average molecular weight is 300 g/mol. The number of pyridine rings is 1. The largest absolute Gasteiger partial charge is 0.394 e. The van der Waals surface area contributed by atoms with E-state index in [4.69, 9.17) is 0 Å². The van der Waals surface area contributed by atoms with Gasteiger partial charge in [-0.2, -0.15) is 19.9 Å². The standard InChI is InChI=1S/C12H10N.C3H7.Y/c1-2-9-6-11-4-5-13-8-12(11)7-10(9)3-1;1-3-2;/h4,6-8H,1-3H2;3H,1-2H3;/q2*-1;. The number of hydrogen-bond donors (Lipinski definition) is 0. The molecule has 3 rings (SSSR count). The van der Waals surface area contributed by atoms with Gasteiger partial charge in [-0.05, 0) is 24.8 Å². The van der Waals surface area contributed by atoms with Gasteiger partial charge in [-0.25, -0.2) is 0 Å². The van der Waals surface area contributed by atoms with E-state index in [0.29, 0.717) is 0 Å². The van der Waals surface area contributed by atoms with Gasteiger partial charge in [-0.3, -0.25) is 0 Å². The van der Waals surface area contributed by atoms with Crippen molar-refractivity contribution in [1.29, 1.82) is 0 Å². The predicted octanol–water partition coefficient (Wildman–Crippen LogP) is 3.75. The van der Waals surface area contributed by atoms with Crippen molar-refractivity contribution in [3.05, 3.63) is 48.1 Å². The number of benzene rings is 1. The van der Waals surface area contributed by atoms with Gasteiger partial charge >= 0.3 is 0 Å². The first-order valence-corrected chi connectivity index (χ1v) is 5.86. The van der Waals surface area contributed by atoms with Gasteiger partial charge in [-0.15, -0.1) is 16.8 Å². The first-order valence-electron chi connectivity index (χ1n) is 5.86. The molecule has 0 atom stereocenters. The number of nitrogens with zero attached hydrogens (tertiary/aromatic N) is 1. The summed E-state index contributed by atoms with van der Waals surface area (Å²) in [6, 6.07) is 6.53. The van der Waals surface area contributed by atoms with E-state index in [-0.39, 0.29) is 32.7 Å². The van der Waals surface area contributed by atoms with Crippen molar-refractivity contribution < 1.29 is 32.7 Å². The average Bonchev–Trinajstić information content (AvgIpc) is 2.74. The SMILES string of the molecule is C[CH-]C.[Y].[c-]1cc2cc3c(cc2cn1)CCC3. The van der Waals surface area contributed by atoms with Crippen LogP contribution in [0, 0.1) is 12.6 Å². The van der Waals surface area contributed by atoms with E-state index in [1.54, 1.807) is 0 Å². The molecule has 0 fully saturated rings. The molecule has 1 aliphatic carbocycles. The third-order valence-corrected chi connectivity index (χ3v) is 2.80. The first-order chi connectivity index (χ1) is 7.85. The Labute approximate surface area is 129 Å². The summed E-state index contributed by atoms with van der Waals surface area (Å²) in [5, 5.41) is 2.52. The summed E-state index contributed by atoms with van der Waals surface area (Å²) in [6.07, 6.45) is 10.6. The van der Waals surface area contributed by atoms with E-state index in [2.05, 4.69) is 23.3 Å². The van der Waals surface area contributed by atoms with Crippen LogP contribution in [0.15, 0.2) is 24.4 Å². The van der Waals surface area contributed by atoms with Crippen LogP contribution < -0.4 is 0 Å². The normalized spacial score (nSPS) is 12.4. The maximum Gasteiger partial charge on any atom is 0 e. The van der Waals surface area contributed by atoms with E-state index in [1.165, 1.54) is 41.2 Å². The van der Waals surface area contributed by atoms with Gasteiger partial charge in [0.25, 0.3) is 0 Å². The Bertz CT molecular complexity index is 437. The molecule has 0 spiro atoms. The number of aryl methyl sites for hydroxylation is 2. The molecule has 0 unspecified atom stereocenters. The second kappa shape index (κ2) is 7.23. The van der Waals surface area contributed by atoms with Gasteiger partial charge in [0.15, 0.2) is 0 Å². The monoisotopic (exact) mass is 300 g/mol. The van der Waals surface area contributed by atoms with Crippen molar-refractivity contribution in [2.75, 3.05) is 0 Å². The molecule has 1 radical (unpaired) electrons. The van der Waals surface area contributed by atoms with Crippen LogP contribution in [-0.2, 0) is 45.6 Å². The Hall–Kier alpha value is -0.266. The van der Waals surface area contributed by atoms with E-state index >= 15 is 0 Å². The summed E-state index contributed by atoms with van der Waals surface area (Å²) in [7, 11) is 0. The van der Waals surface area contributed by atoms with Crippen LogP contribution in [0.4, 0.5) is 0 Å². The Morgan fingerprint density at radius 3 is 2.35 bits per heavy atom. The van der Waals surface area contributed by atoms with Crippen molar-refractivity contribution in [3.8, 4) is 0 Å². The summed E-state index contributed by atoms with van der Waals surface area (Å²) >= 11 is 0. The fourth-order valence-corrected chi connectivity index (χ4v) is 2.11. The molecule has 1 aromatic heterocycles. The van der Waals surface area contributed by atoms with Crippen LogP contribution in [-0.4, -0.2) is 4.98 Å². The van der Waals surface area contributed by atoms with Gasteiger partial charge in [0.05, 0.1) is 0 Å². The molecular formula is C15H17NY-2. The maximum absolute atomic E-state index is 4.01. The minimum atomic E-state index is 0. The molecule has 2 aromatic rings. The fourth-order valence-electron chi connectivity index (χ4n) is 2.11. The van der Waals surface area contributed by atoms with Crippen molar-refractivity contribution in [2.24, 2.45) is 0 Å². The van der Waals surface area contributed by atoms with Crippen LogP contribution >= 0.6 is 0 Å². The number of rotatable bonds is 0. The van der Waals surface area contributed by atoms with Crippen molar-refractivity contribution in [2.45, 2.75) is 33.1 Å². The maximum atomic E-state index is 4.01. The van der Waals surface area contributed by atoms with Gasteiger partial charge in [0, 0.05) is 32.7 Å². The smallest absolute Gasteiger partial charge is 0 e. The molecule has 1 heterocycles. The molecule has 0 bridgehead atoms. The number of fused-ring (bicyclic) bond motifs is 2. The first kappa shape index (κ1) is 14.8. The molecule has 0 N–H and O–H groups in total. The van der Waals surface area contributed by atoms with E-state index in [1.807, 2.05) is 32.5 Å². The zero-order chi connectivity index (χ0) is 11.4. The van der Waals surface area contributed by atoms with Crippen LogP contribution in [0.5, 0.6) is 0 Å². The van der Waals surface area contributed by atoms with E-state index in [9.17, 15) is 0 Å².